The largest absolute Gasteiger partial charge is 0.415 e. The van der Waals surface area contributed by atoms with Crippen molar-refractivity contribution in [3.8, 4) is 50.8 Å². The van der Waals surface area contributed by atoms with Gasteiger partial charge in [-0.15, -0.1) is 0 Å². The molecule has 9 heteroatoms. The second-order valence-electron chi connectivity index (χ2n) is 14.8. The summed E-state index contributed by atoms with van der Waals surface area (Å²) in [5, 5.41) is 15.0. The van der Waals surface area contributed by atoms with Gasteiger partial charge in [0.2, 0.25) is 0 Å². The van der Waals surface area contributed by atoms with Crippen LogP contribution in [0, 0.1) is 31.0 Å². The summed E-state index contributed by atoms with van der Waals surface area (Å²) in [5.74, 6) is 0. The lowest BCUT2D eigenvalue weighted by Crippen LogP contribution is -2.06. The second kappa shape index (κ2) is 14.4. The van der Waals surface area contributed by atoms with E-state index in [0.717, 1.165) is 78.0 Å². The minimum Gasteiger partial charge on any atom is -0.308 e. The van der Waals surface area contributed by atoms with Gasteiger partial charge >= 0.3 is 6.18 Å². The summed E-state index contributed by atoms with van der Waals surface area (Å²) in [6.07, 6.45) is -4.67. The molecule has 0 saturated heterocycles. The van der Waals surface area contributed by atoms with Crippen molar-refractivity contribution in [2.75, 3.05) is 0 Å². The predicted molar refractivity (Wildman–Crippen MR) is 240 cm³/mol. The molecule has 0 saturated carbocycles. The van der Waals surface area contributed by atoms with Gasteiger partial charge in [-0.25, -0.2) is 14.5 Å². The van der Waals surface area contributed by atoms with Gasteiger partial charge in [-0.2, -0.15) is 18.4 Å². The van der Waals surface area contributed by atoms with Crippen molar-refractivity contribution in [1.82, 2.24) is 9.13 Å². The first-order valence-electron chi connectivity index (χ1n) is 19.4. The Labute approximate surface area is 353 Å². The highest BCUT2D eigenvalue weighted by molar-refractivity contribution is 6.12. The average Bonchev–Trinajstić information content (AvgIpc) is 3.82. The average molecular weight is 805 g/mol. The molecule has 0 N–H and O–H groups in total. The number of benzene rings is 8. The van der Waals surface area contributed by atoms with Gasteiger partial charge in [0.05, 0.1) is 53.2 Å². The number of nitrogens with zero attached hydrogens (tertiary/aromatic N) is 6. The summed E-state index contributed by atoms with van der Waals surface area (Å²) in [6.45, 7) is 23.8. The van der Waals surface area contributed by atoms with E-state index in [1.165, 1.54) is 6.07 Å². The Morgan fingerprint density at radius 3 is 1.34 bits per heavy atom. The SMILES string of the molecule is [C-]#[N+]c1ccccc1-c1ccc2c3ccccc3n(-c3cc(-c4ccc(C(F)(F)F)cc4[N+]#[C-])cc(-n4c5ccccc5c5ccc(-c6ccccc6[N+]#[C-])cc54)c3C#N)c2c1. The monoisotopic (exact) mass is 804 g/mol. The Morgan fingerprint density at radius 2 is 0.871 bits per heavy atom. The molecule has 0 fully saturated rings. The quantitative estimate of drug-likeness (QED) is 0.160. The maximum atomic E-state index is 14.1. The number of alkyl halides is 3. The minimum absolute atomic E-state index is 0.193. The van der Waals surface area contributed by atoms with Gasteiger partial charge in [-0.3, -0.25) is 0 Å². The fourth-order valence-electron chi connectivity index (χ4n) is 8.70. The molecule has 6 nitrogen and oxygen atoms in total. The molecule has 10 rings (SSSR count). The van der Waals surface area contributed by atoms with E-state index in [0.29, 0.717) is 28.3 Å². The number of para-hydroxylation sites is 4. The van der Waals surface area contributed by atoms with Crippen molar-refractivity contribution in [2.24, 2.45) is 0 Å². The van der Waals surface area contributed by atoms with Gasteiger partial charge in [0.15, 0.2) is 17.1 Å². The molecular formula is C53H27F3N6. The molecule has 0 aliphatic heterocycles. The molecule has 10 aromatic rings. The Hall–Kier alpha value is -8.89. The van der Waals surface area contributed by atoms with E-state index in [-0.39, 0.29) is 16.8 Å². The van der Waals surface area contributed by atoms with Crippen LogP contribution in [0.5, 0.6) is 0 Å². The highest BCUT2D eigenvalue weighted by Crippen LogP contribution is 2.45. The van der Waals surface area contributed by atoms with E-state index in [9.17, 15) is 18.4 Å². The molecule has 0 unspecified atom stereocenters. The molecule has 0 radical (unpaired) electrons. The number of nitriles is 1. The molecule has 62 heavy (non-hydrogen) atoms. The molecule has 0 aliphatic rings. The summed E-state index contributed by atoms with van der Waals surface area (Å²) < 4.78 is 46.2. The van der Waals surface area contributed by atoms with Gasteiger partial charge in [-0.05, 0) is 75.8 Å². The van der Waals surface area contributed by atoms with Gasteiger partial charge in [0.1, 0.15) is 11.6 Å². The molecule has 2 heterocycles. The predicted octanol–water partition coefficient (Wildman–Crippen LogP) is 15.4. The Morgan fingerprint density at radius 1 is 0.435 bits per heavy atom. The fourth-order valence-corrected chi connectivity index (χ4v) is 8.70. The fraction of sp³-hybridized carbons (Fsp3) is 0.0189. The van der Waals surface area contributed by atoms with Crippen molar-refractivity contribution in [2.45, 2.75) is 6.18 Å². The lowest BCUT2D eigenvalue weighted by atomic mass is 9.97. The van der Waals surface area contributed by atoms with Crippen molar-refractivity contribution in [1.29, 1.82) is 5.26 Å². The molecule has 290 valence electrons. The second-order valence-corrected chi connectivity index (χ2v) is 14.8. The van der Waals surface area contributed by atoms with E-state index >= 15 is 0 Å². The third-order valence-electron chi connectivity index (χ3n) is 11.5. The number of hydrogen-bond donors (Lipinski definition) is 0. The van der Waals surface area contributed by atoms with Gasteiger partial charge in [-0.1, -0.05) is 121 Å². The first-order chi connectivity index (χ1) is 30.2. The summed E-state index contributed by atoms with van der Waals surface area (Å²) in [6, 6.07) is 51.5. The third-order valence-corrected chi connectivity index (χ3v) is 11.5. The first kappa shape index (κ1) is 37.4. The van der Waals surface area contributed by atoms with E-state index in [1.54, 1.807) is 24.3 Å². The number of halogens is 3. The number of fused-ring (bicyclic) bond motifs is 6. The van der Waals surface area contributed by atoms with E-state index < -0.39 is 11.7 Å². The van der Waals surface area contributed by atoms with Crippen LogP contribution in [0.25, 0.3) is 103 Å². The molecule has 8 aromatic carbocycles. The van der Waals surface area contributed by atoms with Crippen LogP contribution in [-0.2, 0) is 6.18 Å². The lowest BCUT2D eigenvalue weighted by Gasteiger charge is -2.19. The van der Waals surface area contributed by atoms with Crippen LogP contribution in [-0.4, -0.2) is 9.13 Å². The molecule has 2 aromatic heterocycles. The molecule has 0 aliphatic carbocycles. The highest BCUT2D eigenvalue weighted by atomic mass is 19.4. The van der Waals surface area contributed by atoms with Crippen LogP contribution in [0.15, 0.2) is 164 Å². The smallest absolute Gasteiger partial charge is 0.308 e. The van der Waals surface area contributed by atoms with Crippen molar-refractivity contribution >= 4 is 60.7 Å². The standard InChI is InChI=1S/C53H27F3N6/c1-58-44-16-8-4-12-36(44)32-20-23-41-39-14-6-10-18-47(39)61(49(41)26-32)51-28-34(38-25-22-35(53(54,55)56)30-46(38)60-3)29-52(43(51)31-57)62-48-19-11-7-15-40(48)42-24-21-33(27-50(42)62)37-13-5-9-17-45(37)59-2/h4-30H. The lowest BCUT2D eigenvalue weighted by molar-refractivity contribution is -0.137. The van der Waals surface area contributed by atoms with E-state index in [4.69, 9.17) is 19.7 Å². The van der Waals surface area contributed by atoms with Crippen LogP contribution in [0.4, 0.5) is 30.2 Å². The molecule has 0 bridgehead atoms. The topological polar surface area (TPSA) is 46.7 Å². The zero-order valence-electron chi connectivity index (χ0n) is 32.4. The van der Waals surface area contributed by atoms with Crippen molar-refractivity contribution in [3.05, 3.63) is 209 Å². The van der Waals surface area contributed by atoms with Crippen LogP contribution in [0.3, 0.4) is 0 Å². The minimum atomic E-state index is -4.67. The molecular weight excluding hydrogens is 778 g/mol. The first-order valence-corrected chi connectivity index (χ1v) is 19.4. The number of aromatic nitrogens is 2. The molecule has 0 spiro atoms. The summed E-state index contributed by atoms with van der Waals surface area (Å²) >= 11 is 0. The summed E-state index contributed by atoms with van der Waals surface area (Å²) in [5.41, 5.74) is 7.75. The van der Waals surface area contributed by atoms with Crippen LogP contribution in [0.2, 0.25) is 0 Å². The van der Waals surface area contributed by atoms with E-state index in [1.807, 2.05) is 130 Å². The van der Waals surface area contributed by atoms with Crippen LogP contribution in [0.1, 0.15) is 11.1 Å². The Kier molecular flexibility index (Phi) is 8.70. The van der Waals surface area contributed by atoms with Gasteiger partial charge < -0.3 is 9.13 Å². The summed E-state index contributed by atoms with van der Waals surface area (Å²) in [7, 11) is 0. The molecule has 0 atom stereocenters. The van der Waals surface area contributed by atoms with Gasteiger partial charge in [0, 0.05) is 27.1 Å². The van der Waals surface area contributed by atoms with Crippen LogP contribution >= 0.6 is 0 Å². The molecule has 0 amide bonds. The zero-order chi connectivity index (χ0) is 42.7. The maximum absolute atomic E-state index is 14.1. The van der Waals surface area contributed by atoms with E-state index in [2.05, 4.69) is 20.6 Å². The highest BCUT2D eigenvalue weighted by Gasteiger charge is 2.31. The number of hydrogen-bond acceptors (Lipinski definition) is 1. The van der Waals surface area contributed by atoms with Crippen LogP contribution < -0.4 is 0 Å². The zero-order valence-corrected chi connectivity index (χ0v) is 32.4. The Bertz CT molecular complexity index is 3500. The van der Waals surface area contributed by atoms with Crippen molar-refractivity contribution < 1.29 is 13.2 Å². The van der Waals surface area contributed by atoms with Crippen molar-refractivity contribution in [3.63, 3.8) is 0 Å². The van der Waals surface area contributed by atoms with Gasteiger partial charge in [0.25, 0.3) is 0 Å². The maximum Gasteiger partial charge on any atom is 0.415 e. The third kappa shape index (κ3) is 5.85. The Balaban J connectivity index is 1.36. The summed E-state index contributed by atoms with van der Waals surface area (Å²) in [4.78, 5) is 11.1. The normalized spacial score (nSPS) is 11.4. The number of rotatable bonds is 5.